The maximum atomic E-state index is 12.7. The number of sulfonamides is 1. The van der Waals surface area contributed by atoms with Crippen LogP contribution in [0.25, 0.3) is 0 Å². The van der Waals surface area contributed by atoms with Crippen LogP contribution in [-0.2, 0) is 22.3 Å². The highest BCUT2D eigenvalue weighted by atomic mass is 35.5. The van der Waals surface area contributed by atoms with E-state index in [1.807, 2.05) is 11.5 Å². The third kappa shape index (κ3) is 5.39. The van der Waals surface area contributed by atoms with Gasteiger partial charge in [0.25, 0.3) is 0 Å². The average molecular weight is 451 g/mol. The standard InChI is InChI=1S/C20H23ClN4O2S2/c1-4-25-19(15(3)24-29(26,27)18-11-9-17(21)10-12-18)22-23-20(25)28-13-16-7-5-14(2)6-8-16/h5-12,15,24H,4,13H2,1-3H3/t15-/m1/s1. The molecule has 154 valence electrons. The Morgan fingerprint density at radius 1 is 1.10 bits per heavy atom. The van der Waals surface area contributed by atoms with Gasteiger partial charge >= 0.3 is 0 Å². The fourth-order valence-electron chi connectivity index (χ4n) is 2.82. The molecule has 0 saturated heterocycles. The molecule has 3 rings (SSSR count). The van der Waals surface area contributed by atoms with Gasteiger partial charge in [0.15, 0.2) is 11.0 Å². The molecule has 0 bridgehead atoms. The van der Waals surface area contributed by atoms with Crippen LogP contribution in [-0.4, -0.2) is 23.2 Å². The number of rotatable bonds is 8. The smallest absolute Gasteiger partial charge is 0.241 e. The van der Waals surface area contributed by atoms with Crippen molar-refractivity contribution in [2.45, 2.75) is 49.2 Å². The van der Waals surface area contributed by atoms with Crippen molar-refractivity contribution in [2.75, 3.05) is 0 Å². The second-order valence-electron chi connectivity index (χ2n) is 6.66. The Balaban J connectivity index is 1.74. The summed E-state index contributed by atoms with van der Waals surface area (Å²) in [5.41, 5.74) is 2.42. The van der Waals surface area contributed by atoms with Crippen LogP contribution >= 0.6 is 23.4 Å². The Kier molecular flexibility index (Phi) is 7.00. The number of hydrogen-bond donors (Lipinski definition) is 1. The van der Waals surface area contributed by atoms with Crippen LogP contribution in [0.5, 0.6) is 0 Å². The van der Waals surface area contributed by atoms with E-state index < -0.39 is 16.1 Å². The van der Waals surface area contributed by atoms with Crippen molar-refractivity contribution >= 4 is 33.4 Å². The molecule has 0 unspecified atom stereocenters. The van der Waals surface area contributed by atoms with E-state index in [1.165, 1.54) is 23.3 Å². The molecular weight excluding hydrogens is 428 g/mol. The number of thioether (sulfide) groups is 1. The second-order valence-corrected chi connectivity index (χ2v) is 9.75. The summed E-state index contributed by atoms with van der Waals surface area (Å²) in [4.78, 5) is 0.158. The minimum atomic E-state index is -3.70. The number of hydrogen-bond acceptors (Lipinski definition) is 5. The molecule has 29 heavy (non-hydrogen) atoms. The molecule has 1 atom stereocenters. The predicted molar refractivity (Wildman–Crippen MR) is 117 cm³/mol. The van der Waals surface area contributed by atoms with Gasteiger partial charge in [-0.05, 0) is 50.6 Å². The quantitative estimate of drug-likeness (QED) is 0.508. The van der Waals surface area contributed by atoms with E-state index in [0.29, 0.717) is 17.4 Å². The summed E-state index contributed by atoms with van der Waals surface area (Å²) in [6.07, 6.45) is 0. The molecule has 2 aromatic carbocycles. The Morgan fingerprint density at radius 2 is 1.76 bits per heavy atom. The number of halogens is 1. The van der Waals surface area contributed by atoms with Crippen LogP contribution in [0.3, 0.4) is 0 Å². The molecule has 0 fully saturated rings. The van der Waals surface area contributed by atoms with Crippen molar-refractivity contribution in [3.8, 4) is 0 Å². The minimum absolute atomic E-state index is 0.158. The highest BCUT2D eigenvalue weighted by Gasteiger charge is 2.23. The predicted octanol–water partition coefficient (Wildman–Crippen LogP) is 4.59. The first kappa shape index (κ1) is 21.8. The largest absolute Gasteiger partial charge is 0.305 e. The van der Waals surface area contributed by atoms with Crippen LogP contribution in [0.2, 0.25) is 5.02 Å². The summed E-state index contributed by atoms with van der Waals surface area (Å²) in [5, 5.41) is 9.78. The third-order valence-electron chi connectivity index (χ3n) is 4.39. The van der Waals surface area contributed by atoms with E-state index in [0.717, 1.165) is 10.9 Å². The molecule has 0 radical (unpaired) electrons. The molecule has 0 aliphatic carbocycles. The monoisotopic (exact) mass is 450 g/mol. The van der Waals surface area contributed by atoms with Crippen molar-refractivity contribution in [3.05, 3.63) is 70.5 Å². The first-order valence-electron chi connectivity index (χ1n) is 9.19. The molecule has 9 heteroatoms. The Hall–Kier alpha value is -1.87. The molecule has 0 saturated carbocycles. The van der Waals surface area contributed by atoms with Gasteiger partial charge in [0.1, 0.15) is 0 Å². The Labute approximate surface area is 180 Å². The molecule has 0 spiro atoms. The number of nitrogens with one attached hydrogen (secondary N) is 1. The van der Waals surface area contributed by atoms with Gasteiger partial charge in [-0.1, -0.05) is 53.2 Å². The van der Waals surface area contributed by atoms with Crippen LogP contribution in [0.15, 0.2) is 58.6 Å². The second kappa shape index (κ2) is 9.30. The Morgan fingerprint density at radius 3 is 2.38 bits per heavy atom. The summed E-state index contributed by atoms with van der Waals surface area (Å²) in [6, 6.07) is 13.9. The molecule has 0 aliphatic rings. The fourth-order valence-corrected chi connectivity index (χ4v) is 5.12. The van der Waals surface area contributed by atoms with Gasteiger partial charge in [-0.2, -0.15) is 0 Å². The molecular formula is C20H23ClN4O2S2. The molecule has 0 aliphatic heterocycles. The summed E-state index contributed by atoms with van der Waals surface area (Å²) < 4.78 is 29.9. The Bertz CT molecular complexity index is 1060. The van der Waals surface area contributed by atoms with Crippen molar-refractivity contribution in [3.63, 3.8) is 0 Å². The summed E-state index contributed by atoms with van der Waals surface area (Å²) >= 11 is 7.43. The summed E-state index contributed by atoms with van der Waals surface area (Å²) in [6.45, 7) is 6.45. The van der Waals surface area contributed by atoms with Gasteiger partial charge in [-0.15, -0.1) is 10.2 Å². The lowest BCUT2D eigenvalue weighted by Gasteiger charge is -2.15. The zero-order valence-corrected chi connectivity index (χ0v) is 18.9. The van der Waals surface area contributed by atoms with Crippen LogP contribution in [0, 0.1) is 6.92 Å². The van der Waals surface area contributed by atoms with E-state index in [9.17, 15) is 8.42 Å². The van der Waals surface area contributed by atoms with Crippen molar-refractivity contribution in [1.82, 2.24) is 19.5 Å². The summed E-state index contributed by atoms with van der Waals surface area (Å²) in [5.74, 6) is 1.35. The fraction of sp³-hybridized carbons (Fsp3) is 0.300. The highest BCUT2D eigenvalue weighted by Crippen LogP contribution is 2.25. The number of benzene rings is 2. The van der Waals surface area contributed by atoms with Crippen LogP contribution in [0.1, 0.15) is 36.8 Å². The van der Waals surface area contributed by atoms with Gasteiger partial charge in [-0.3, -0.25) is 0 Å². The van der Waals surface area contributed by atoms with Crippen molar-refractivity contribution in [2.24, 2.45) is 0 Å². The van der Waals surface area contributed by atoms with Gasteiger partial charge in [0.05, 0.1) is 10.9 Å². The highest BCUT2D eigenvalue weighted by molar-refractivity contribution is 7.98. The van der Waals surface area contributed by atoms with Gasteiger partial charge < -0.3 is 4.57 Å². The van der Waals surface area contributed by atoms with E-state index in [4.69, 9.17) is 11.6 Å². The maximum absolute atomic E-state index is 12.7. The average Bonchev–Trinajstić information content (AvgIpc) is 3.10. The van der Waals surface area contributed by atoms with E-state index in [2.05, 4.69) is 46.1 Å². The van der Waals surface area contributed by atoms with Crippen LogP contribution in [0.4, 0.5) is 0 Å². The lowest BCUT2D eigenvalue weighted by Crippen LogP contribution is -2.29. The minimum Gasteiger partial charge on any atom is -0.305 e. The van der Waals surface area contributed by atoms with Crippen LogP contribution < -0.4 is 4.72 Å². The van der Waals surface area contributed by atoms with Crippen molar-refractivity contribution in [1.29, 1.82) is 0 Å². The topological polar surface area (TPSA) is 76.9 Å². The third-order valence-corrected chi connectivity index (χ3v) is 7.24. The van der Waals surface area contributed by atoms with Gasteiger partial charge in [0, 0.05) is 17.3 Å². The number of nitrogens with zero attached hydrogens (tertiary/aromatic N) is 3. The van der Waals surface area contributed by atoms with Gasteiger partial charge in [-0.25, -0.2) is 13.1 Å². The van der Waals surface area contributed by atoms with E-state index >= 15 is 0 Å². The number of aryl methyl sites for hydroxylation is 1. The maximum Gasteiger partial charge on any atom is 0.241 e. The SMILES string of the molecule is CCn1c(SCc2ccc(C)cc2)nnc1[C@@H](C)NS(=O)(=O)c1ccc(Cl)cc1. The molecule has 3 aromatic rings. The molecule has 6 nitrogen and oxygen atoms in total. The normalized spacial score (nSPS) is 12.8. The molecule has 0 amide bonds. The van der Waals surface area contributed by atoms with E-state index in [1.54, 1.807) is 30.8 Å². The molecule has 1 aromatic heterocycles. The lowest BCUT2D eigenvalue weighted by molar-refractivity contribution is 0.539. The lowest BCUT2D eigenvalue weighted by atomic mass is 10.2. The number of aromatic nitrogens is 3. The first-order valence-corrected chi connectivity index (χ1v) is 12.0. The molecule has 1 N–H and O–H groups in total. The molecule has 1 heterocycles. The van der Waals surface area contributed by atoms with Gasteiger partial charge in [0.2, 0.25) is 10.0 Å². The van der Waals surface area contributed by atoms with Crippen molar-refractivity contribution < 1.29 is 8.42 Å². The summed E-state index contributed by atoms with van der Waals surface area (Å²) in [7, 11) is -3.70. The first-order chi connectivity index (χ1) is 13.8. The zero-order valence-electron chi connectivity index (χ0n) is 16.5. The van der Waals surface area contributed by atoms with E-state index in [-0.39, 0.29) is 4.90 Å². The zero-order chi connectivity index (χ0) is 21.0.